The molecule has 2 rings (SSSR count). The van der Waals surface area contributed by atoms with Crippen molar-refractivity contribution in [2.75, 3.05) is 13.6 Å². The second kappa shape index (κ2) is 4.05. The van der Waals surface area contributed by atoms with Gasteiger partial charge in [0.1, 0.15) is 0 Å². The summed E-state index contributed by atoms with van der Waals surface area (Å²) < 4.78 is 0. The number of nitrogens with two attached hydrogens (primary N) is 1. The third kappa shape index (κ3) is 1.99. The van der Waals surface area contributed by atoms with Crippen LogP contribution in [0.25, 0.3) is 0 Å². The lowest BCUT2D eigenvalue weighted by Gasteiger charge is -2.36. The lowest BCUT2D eigenvalue weighted by molar-refractivity contribution is 0.279. The molecule has 0 aromatic carbocycles. The molecule has 2 N–H and O–H groups in total. The van der Waals surface area contributed by atoms with Crippen molar-refractivity contribution in [3.8, 4) is 0 Å². The van der Waals surface area contributed by atoms with Gasteiger partial charge in [0.05, 0.1) is 0 Å². The normalized spacial score (nSPS) is 26.8. The molecule has 1 aliphatic carbocycles. The standard InChI is InChI=1S/C10H16N2.ClH/c1-12-6-2-3-8-4-5-9(11)7-10(8)12;/h5,7-8H,2-4,6,11H2,1H3;1H. The summed E-state index contributed by atoms with van der Waals surface area (Å²) in [5.41, 5.74) is 8.15. The molecular weight excluding hydrogens is 184 g/mol. The molecule has 0 aromatic rings. The second-order valence-electron chi connectivity index (χ2n) is 3.77. The molecule has 0 saturated carbocycles. The molecule has 0 aromatic heterocycles. The minimum atomic E-state index is 0. The van der Waals surface area contributed by atoms with E-state index in [1.807, 2.05) is 0 Å². The van der Waals surface area contributed by atoms with Gasteiger partial charge in [-0.05, 0) is 25.3 Å². The van der Waals surface area contributed by atoms with Crippen LogP contribution < -0.4 is 5.73 Å². The highest BCUT2D eigenvalue weighted by Crippen LogP contribution is 2.32. The van der Waals surface area contributed by atoms with Gasteiger partial charge in [-0.25, -0.2) is 0 Å². The highest BCUT2D eigenvalue weighted by atomic mass is 35.5. The lowest BCUT2D eigenvalue weighted by Crippen LogP contribution is -2.31. The first-order valence-electron chi connectivity index (χ1n) is 4.66. The van der Waals surface area contributed by atoms with Crippen LogP contribution in [0.2, 0.25) is 0 Å². The van der Waals surface area contributed by atoms with Crippen LogP contribution in [0.4, 0.5) is 0 Å². The highest BCUT2D eigenvalue weighted by molar-refractivity contribution is 5.85. The monoisotopic (exact) mass is 200 g/mol. The Kier molecular flexibility index (Phi) is 3.26. The quantitative estimate of drug-likeness (QED) is 0.647. The molecule has 1 atom stereocenters. The molecule has 3 heteroatoms. The van der Waals surface area contributed by atoms with Gasteiger partial charge in [0.15, 0.2) is 0 Å². The van der Waals surface area contributed by atoms with Crippen molar-refractivity contribution < 1.29 is 0 Å². The summed E-state index contributed by atoms with van der Waals surface area (Å²) in [5.74, 6) is 0.746. The molecule has 1 heterocycles. The molecule has 74 valence electrons. The minimum absolute atomic E-state index is 0. The lowest BCUT2D eigenvalue weighted by atomic mass is 9.87. The molecular formula is C10H17ClN2. The van der Waals surface area contributed by atoms with E-state index in [2.05, 4.69) is 24.1 Å². The van der Waals surface area contributed by atoms with Crippen molar-refractivity contribution in [3.05, 3.63) is 23.5 Å². The molecule has 2 aliphatic rings. The zero-order valence-corrected chi connectivity index (χ0v) is 8.81. The summed E-state index contributed by atoms with van der Waals surface area (Å²) in [6.07, 6.45) is 8.08. The Labute approximate surface area is 85.9 Å². The number of likely N-dealkylation sites (tertiary alicyclic amines) is 1. The van der Waals surface area contributed by atoms with Crippen LogP contribution in [0.15, 0.2) is 23.5 Å². The summed E-state index contributed by atoms with van der Waals surface area (Å²) in [5, 5.41) is 0. The van der Waals surface area contributed by atoms with Gasteiger partial charge in [0.2, 0.25) is 0 Å². The number of rotatable bonds is 0. The Morgan fingerprint density at radius 1 is 1.54 bits per heavy atom. The fraction of sp³-hybridized carbons (Fsp3) is 0.600. The van der Waals surface area contributed by atoms with Crippen LogP contribution >= 0.6 is 12.4 Å². The SMILES string of the molecule is CN1CCCC2CC=C(N)C=C21.Cl. The number of allylic oxidation sites excluding steroid dienone is 3. The topological polar surface area (TPSA) is 29.3 Å². The minimum Gasteiger partial charge on any atom is -0.399 e. The summed E-state index contributed by atoms with van der Waals surface area (Å²) in [4.78, 5) is 2.34. The van der Waals surface area contributed by atoms with Crippen LogP contribution in [-0.2, 0) is 0 Å². The Hall–Kier alpha value is -0.630. The second-order valence-corrected chi connectivity index (χ2v) is 3.77. The first kappa shape index (κ1) is 10.5. The molecule has 2 nitrogen and oxygen atoms in total. The number of nitrogens with zero attached hydrogens (tertiary/aromatic N) is 1. The van der Waals surface area contributed by atoms with Gasteiger partial charge in [-0.15, -0.1) is 12.4 Å². The number of hydrogen-bond donors (Lipinski definition) is 1. The van der Waals surface area contributed by atoms with Gasteiger partial charge in [-0.1, -0.05) is 6.08 Å². The zero-order chi connectivity index (χ0) is 8.55. The van der Waals surface area contributed by atoms with Crippen molar-refractivity contribution in [3.63, 3.8) is 0 Å². The van der Waals surface area contributed by atoms with Crippen molar-refractivity contribution in [2.24, 2.45) is 11.7 Å². The van der Waals surface area contributed by atoms with Crippen molar-refractivity contribution in [1.82, 2.24) is 4.90 Å². The maximum absolute atomic E-state index is 5.76. The summed E-state index contributed by atoms with van der Waals surface area (Å²) in [7, 11) is 2.16. The van der Waals surface area contributed by atoms with E-state index in [0.29, 0.717) is 0 Å². The van der Waals surface area contributed by atoms with E-state index >= 15 is 0 Å². The van der Waals surface area contributed by atoms with E-state index in [0.717, 1.165) is 18.0 Å². The summed E-state index contributed by atoms with van der Waals surface area (Å²) in [6.45, 7) is 1.19. The molecule has 1 fully saturated rings. The van der Waals surface area contributed by atoms with Crippen molar-refractivity contribution in [2.45, 2.75) is 19.3 Å². The Balaban J connectivity index is 0.000000845. The van der Waals surface area contributed by atoms with E-state index in [1.165, 1.54) is 25.1 Å². The maximum Gasteiger partial charge on any atom is 0.0291 e. The average Bonchev–Trinajstić information content (AvgIpc) is 2.07. The van der Waals surface area contributed by atoms with Crippen LogP contribution in [0.1, 0.15) is 19.3 Å². The molecule has 0 spiro atoms. The fourth-order valence-electron chi connectivity index (χ4n) is 2.14. The molecule has 1 saturated heterocycles. The molecule has 1 unspecified atom stereocenters. The molecule has 13 heavy (non-hydrogen) atoms. The largest absolute Gasteiger partial charge is 0.399 e. The van der Waals surface area contributed by atoms with Crippen LogP contribution in [-0.4, -0.2) is 18.5 Å². The van der Waals surface area contributed by atoms with Crippen LogP contribution in [0, 0.1) is 5.92 Å². The first-order valence-corrected chi connectivity index (χ1v) is 4.66. The van der Waals surface area contributed by atoms with Crippen molar-refractivity contribution in [1.29, 1.82) is 0 Å². The number of piperidine rings is 1. The third-order valence-corrected chi connectivity index (χ3v) is 2.86. The van der Waals surface area contributed by atoms with E-state index in [4.69, 9.17) is 5.73 Å². The van der Waals surface area contributed by atoms with Crippen LogP contribution in [0.3, 0.4) is 0 Å². The first-order chi connectivity index (χ1) is 5.77. The summed E-state index contributed by atoms with van der Waals surface area (Å²) in [6, 6.07) is 0. The van der Waals surface area contributed by atoms with E-state index in [9.17, 15) is 0 Å². The third-order valence-electron chi connectivity index (χ3n) is 2.86. The Morgan fingerprint density at radius 3 is 3.08 bits per heavy atom. The van der Waals surface area contributed by atoms with Crippen molar-refractivity contribution >= 4 is 12.4 Å². The number of halogens is 1. The molecule has 0 bridgehead atoms. The van der Waals surface area contributed by atoms with E-state index in [-0.39, 0.29) is 12.4 Å². The molecule has 0 amide bonds. The number of hydrogen-bond acceptors (Lipinski definition) is 2. The average molecular weight is 201 g/mol. The Bertz CT molecular complexity index is 245. The smallest absolute Gasteiger partial charge is 0.0291 e. The van der Waals surface area contributed by atoms with Gasteiger partial charge < -0.3 is 10.6 Å². The number of fused-ring (bicyclic) bond motifs is 1. The molecule has 0 radical (unpaired) electrons. The van der Waals surface area contributed by atoms with Gasteiger partial charge >= 0.3 is 0 Å². The van der Waals surface area contributed by atoms with Gasteiger partial charge in [-0.3, -0.25) is 0 Å². The highest BCUT2D eigenvalue weighted by Gasteiger charge is 2.23. The van der Waals surface area contributed by atoms with E-state index in [1.54, 1.807) is 0 Å². The van der Waals surface area contributed by atoms with E-state index < -0.39 is 0 Å². The fourth-order valence-corrected chi connectivity index (χ4v) is 2.14. The predicted molar refractivity (Wildman–Crippen MR) is 57.6 cm³/mol. The van der Waals surface area contributed by atoms with Crippen LogP contribution in [0.5, 0.6) is 0 Å². The Morgan fingerprint density at radius 2 is 2.31 bits per heavy atom. The zero-order valence-electron chi connectivity index (χ0n) is 7.99. The van der Waals surface area contributed by atoms with Gasteiger partial charge in [0, 0.05) is 30.9 Å². The van der Waals surface area contributed by atoms with Gasteiger partial charge in [0.25, 0.3) is 0 Å². The molecule has 1 aliphatic heterocycles. The predicted octanol–water partition coefficient (Wildman–Crippen LogP) is 1.88. The maximum atomic E-state index is 5.76. The van der Waals surface area contributed by atoms with Gasteiger partial charge in [-0.2, -0.15) is 0 Å². The summed E-state index contributed by atoms with van der Waals surface area (Å²) >= 11 is 0.